The number of nitrogens with zero attached hydrogens (tertiary/aromatic N) is 3. The van der Waals surface area contributed by atoms with Crippen molar-refractivity contribution in [2.75, 3.05) is 0 Å². The van der Waals surface area contributed by atoms with Crippen LogP contribution in [0.4, 0.5) is 0 Å². The fourth-order valence-corrected chi connectivity index (χ4v) is 2.08. The number of pyridine rings is 1. The second-order valence-corrected chi connectivity index (χ2v) is 4.12. The van der Waals surface area contributed by atoms with Gasteiger partial charge in [0.15, 0.2) is 5.82 Å². The molecule has 0 atom stereocenters. The SMILES string of the molecule is CCc1c(C)nn(-c2cccc(Cl)n2)c1C. The maximum absolute atomic E-state index is 5.88. The molecule has 2 rings (SSSR count). The average Bonchev–Trinajstić information content (AvgIpc) is 2.54. The molecule has 0 aliphatic carbocycles. The lowest BCUT2D eigenvalue weighted by Crippen LogP contribution is -2.02. The molecule has 2 heterocycles. The predicted molar refractivity (Wildman–Crippen MR) is 65.2 cm³/mol. The van der Waals surface area contributed by atoms with E-state index in [0.29, 0.717) is 5.15 Å². The summed E-state index contributed by atoms with van der Waals surface area (Å²) in [4.78, 5) is 4.26. The summed E-state index contributed by atoms with van der Waals surface area (Å²) in [6, 6.07) is 5.55. The minimum absolute atomic E-state index is 0.489. The van der Waals surface area contributed by atoms with E-state index in [2.05, 4.69) is 23.9 Å². The highest BCUT2D eigenvalue weighted by atomic mass is 35.5. The van der Waals surface area contributed by atoms with Crippen molar-refractivity contribution >= 4 is 11.6 Å². The van der Waals surface area contributed by atoms with Gasteiger partial charge in [0, 0.05) is 5.69 Å². The van der Waals surface area contributed by atoms with Gasteiger partial charge >= 0.3 is 0 Å². The fraction of sp³-hybridized carbons (Fsp3) is 0.333. The number of aryl methyl sites for hydroxylation is 1. The molecular formula is C12H14ClN3. The molecule has 4 heteroatoms. The lowest BCUT2D eigenvalue weighted by molar-refractivity contribution is 0.805. The lowest BCUT2D eigenvalue weighted by Gasteiger charge is -2.03. The van der Waals surface area contributed by atoms with Crippen molar-refractivity contribution in [3.05, 3.63) is 40.3 Å². The zero-order valence-electron chi connectivity index (χ0n) is 9.66. The molecule has 0 aliphatic rings. The summed E-state index contributed by atoms with van der Waals surface area (Å²) in [5.41, 5.74) is 3.47. The molecule has 0 amide bonds. The van der Waals surface area contributed by atoms with Gasteiger partial charge in [-0.05, 0) is 38.0 Å². The molecule has 2 aromatic rings. The Morgan fingerprint density at radius 2 is 2.06 bits per heavy atom. The first-order valence-electron chi connectivity index (χ1n) is 5.31. The Bertz CT molecular complexity index is 517. The van der Waals surface area contributed by atoms with Crippen molar-refractivity contribution < 1.29 is 0 Å². The van der Waals surface area contributed by atoms with Crippen LogP contribution in [0.25, 0.3) is 5.82 Å². The smallest absolute Gasteiger partial charge is 0.155 e. The summed E-state index contributed by atoms with van der Waals surface area (Å²) in [5.74, 6) is 0.771. The highest BCUT2D eigenvalue weighted by Gasteiger charge is 2.11. The van der Waals surface area contributed by atoms with Crippen LogP contribution in [-0.4, -0.2) is 14.8 Å². The number of aromatic nitrogens is 3. The largest absolute Gasteiger partial charge is 0.219 e. The van der Waals surface area contributed by atoms with Crippen LogP contribution in [0.1, 0.15) is 23.9 Å². The highest BCUT2D eigenvalue weighted by Crippen LogP contribution is 2.18. The van der Waals surface area contributed by atoms with Gasteiger partial charge in [-0.15, -0.1) is 0 Å². The van der Waals surface area contributed by atoms with E-state index in [1.165, 1.54) is 5.56 Å². The normalized spacial score (nSPS) is 10.8. The standard InChI is InChI=1S/C12H14ClN3/c1-4-10-8(2)15-16(9(10)3)12-7-5-6-11(13)14-12/h5-7H,4H2,1-3H3. The van der Waals surface area contributed by atoms with Crippen LogP contribution in [-0.2, 0) is 6.42 Å². The molecule has 2 aromatic heterocycles. The average molecular weight is 236 g/mol. The van der Waals surface area contributed by atoms with E-state index >= 15 is 0 Å². The van der Waals surface area contributed by atoms with Crippen molar-refractivity contribution in [3.63, 3.8) is 0 Å². The number of halogens is 1. The third-order valence-electron chi connectivity index (χ3n) is 2.71. The van der Waals surface area contributed by atoms with Crippen LogP contribution in [0.5, 0.6) is 0 Å². The van der Waals surface area contributed by atoms with Gasteiger partial charge in [-0.25, -0.2) is 9.67 Å². The Balaban J connectivity index is 2.56. The van der Waals surface area contributed by atoms with E-state index in [9.17, 15) is 0 Å². The first-order chi connectivity index (χ1) is 7.63. The lowest BCUT2D eigenvalue weighted by atomic mass is 10.1. The maximum Gasteiger partial charge on any atom is 0.155 e. The van der Waals surface area contributed by atoms with Gasteiger partial charge in [-0.2, -0.15) is 5.10 Å². The second kappa shape index (κ2) is 4.26. The summed E-state index contributed by atoms with van der Waals surface area (Å²) in [5, 5.41) is 4.98. The van der Waals surface area contributed by atoms with E-state index in [-0.39, 0.29) is 0 Å². The van der Waals surface area contributed by atoms with E-state index in [0.717, 1.165) is 23.6 Å². The van der Waals surface area contributed by atoms with Crippen LogP contribution < -0.4 is 0 Å². The van der Waals surface area contributed by atoms with Gasteiger partial charge in [0.25, 0.3) is 0 Å². The number of hydrogen-bond donors (Lipinski definition) is 0. The maximum atomic E-state index is 5.88. The monoisotopic (exact) mass is 235 g/mol. The third-order valence-corrected chi connectivity index (χ3v) is 2.92. The van der Waals surface area contributed by atoms with E-state index in [1.807, 2.05) is 23.7 Å². The van der Waals surface area contributed by atoms with Gasteiger partial charge in [-0.3, -0.25) is 0 Å². The Kier molecular flexibility index (Phi) is 2.97. The summed E-state index contributed by atoms with van der Waals surface area (Å²) in [6.07, 6.45) is 0.984. The molecule has 0 saturated carbocycles. The Hall–Kier alpha value is -1.35. The Labute approximate surface area is 100 Å². The van der Waals surface area contributed by atoms with Crippen molar-refractivity contribution in [1.82, 2.24) is 14.8 Å². The Morgan fingerprint density at radius 1 is 1.31 bits per heavy atom. The highest BCUT2D eigenvalue weighted by molar-refractivity contribution is 6.29. The first-order valence-corrected chi connectivity index (χ1v) is 5.69. The first kappa shape index (κ1) is 11.1. The summed E-state index contributed by atoms with van der Waals surface area (Å²) < 4.78 is 1.85. The van der Waals surface area contributed by atoms with Gasteiger partial charge in [0.1, 0.15) is 5.15 Å². The zero-order valence-corrected chi connectivity index (χ0v) is 10.4. The number of hydrogen-bond acceptors (Lipinski definition) is 2. The molecule has 0 bridgehead atoms. The van der Waals surface area contributed by atoms with Crippen molar-refractivity contribution in [2.24, 2.45) is 0 Å². The molecule has 0 unspecified atom stereocenters. The predicted octanol–water partition coefficient (Wildman–Crippen LogP) is 3.10. The summed E-state index contributed by atoms with van der Waals surface area (Å²) in [7, 11) is 0. The molecule has 0 aliphatic heterocycles. The van der Waals surface area contributed by atoms with Crippen LogP contribution in [0, 0.1) is 13.8 Å². The minimum Gasteiger partial charge on any atom is -0.219 e. The van der Waals surface area contributed by atoms with E-state index in [1.54, 1.807) is 6.07 Å². The quantitative estimate of drug-likeness (QED) is 0.749. The van der Waals surface area contributed by atoms with E-state index in [4.69, 9.17) is 11.6 Å². The van der Waals surface area contributed by atoms with Crippen LogP contribution in [0.3, 0.4) is 0 Å². The van der Waals surface area contributed by atoms with Gasteiger partial charge < -0.3 is 0 Å². The van der Waals surface area contributed by atoms with E-state index < -0.39 is 0 Å². The molecule has 84 valence electrons. The molecule has 0 spiro atoms. The molecule has 0 N–H and O–H groups in total. The molecule has 0 aromatic carbocycles. The second-order valence-electron chi connectivity index (χ2n) is 3.73. The van der Waals surface area contributed by atoms with Crippen LogP contribution >= 0.6 is 11.6 Å². The van der Waals surface area contributed by atoms with Crippen LogP contribution in [0.15, 0.2) is 18.2 Å². The Morgan fingerprint density at radius 3 is 2.62 bits per heavy atom. The van der Waals surface area contributed by atoms with Gasteiger partial charge in [-0.1, -0.05) is 24.6 Å². The summed E-state index contributed by atoms with van der Waals surface area (Å²) in [6.45, 7) is 6.21. The van der Waals surface area contributed by atoms with Crippen molar-refractivity contribution in [1.29, 1.82) is 0 Å². The van der Waals surface area contributed by atoms with Crippen LogP contribution in [0.2, 0.25) is 5.15 Å². The topological polar surface area (TPSA) is 30.7 Å². The van der Waals surface area contributed by atoms with Gasteiger partial charge in [0.2, 0.25) is 0 Å². The molecule has 0 radical (unpaired) electrons. The zero-order chi connectivity index (χ0) is 11.7. The van der Waals surface area contributed by atoms with Crippen molar-refractivity contribution in [3.8, 4) is 5.82 Å². The molecule has 0 saturated heterocycles. The molecule has 0 fully saturated rings. The molecular weight excluding hydrogens is 222 g/mol. The number of rotatable bonds is 2. The van der Waals surface area contributed by atoms with Crippen molar-refractivity contribution in [2.45, 2.75) is 27.2 Å². The summed E-state index contributed by atoms with van der Waals surface area (Å²) >= 11 is 5.88. The fourth-order valence-electron chi connectivity index (χ4n) is 1.93. The molecule has 3 nitrogen and oxygen atoms in total. The minimum atomic E-state index is 0.489. The molecule has 16 heavy (non-hydrogen) atoms. The third kappa shape index (κ3) is 1.83. The van der Waals surface area contributed by atoms with Gasteiger partial charge in [0.05, 0.1) is 5.69 Å².